The molecule has 1 heterocycles. The van der Waals surface area contributed by atoms with Gasteiger partial charge in [-0.1, -0.05) is 20.8 Å². The van der Waals surface area contributed by atoms with Gasteiger partial charge in [-0.05, 0) is 49.1 Å². The number of hydrogen-bond donors (Lipinski definition) is 1. The number of nitrogens with zero attached hydrogens (tertiary/aromatic N) is 1. The Hall–Kier alpha value is -1.25. The normalized spacial score (nSPS) is 28.3. The van der Waals surface area contributed by atoms with Gasteiger partial charge < -0.3 is 9.67 Å². The summed E-state index contributed by atoms with van der Waals surface area (Å²) in [5, 5.41) is 9.24. The molecule has 1 aromatic heterocycles. The maximum atomic E-state index is 11.2. The molecule has 0 unspecified atom stereocenters. The van der Waals surface area contributed by atoms with Crippen molar-refractivity contribution in [1.29, 1.82) is 0 Å². The highest BCUT2D eigenvalue weighted by Gasteiger charge is 2.40. The lowest BCUT2D eigenvalue weighted by molar-refractivity contribution is -0.140. The van der Waals surface area contributed by atoms with Crippen LogP contribution in [0.25, 0.3) is 0 Å². The summed E-state index contributed by atoms with van der Waals surface area (Å²) in [4.78, 5) is 11.2. The predicted molar refractivity (Wildman–Crippen MR) is 76.1 cm³/mol. The Morgan fingerprint density at radius 2 is 1.79 bits per heavy atom. The lowest BCUT2D eigenvalue weighted by atomic mass is 9.66. The van der Waals surface area contributed by atoms with Crippen molar-refractivity contribution in [2.45, 2.75) is 58.4 Å². The van der Waals surface area contributed by atoms with Gasteiger partial charge in [0.05, 0.1) is 12.0 Å². The summed E-state index contributed by atoms with van der Waals surface area (Å²) in [7, 11) is 0. The lowest BCUT2D eigenvalue weighted by Gasteiger charge is -2.44. The predicted octanol–water partition coefficient (Wildman–Crippen LogP) is 3.89. The second kappa shape index (κ2) is 5.03. The second-order valence-electron chi connectivity index (χ2n) is 7.03. The molecule has 3 nitrogen and oxygen atoms in total. The van der Waals surface area contributed by atoms with E-state index in [1.165, 1.54) is 0 Å². The first kappa shape index (κ1) is 14.2. The Balaban J connectivity index is 2.17. The van der Waals surface area contributed by atoms with Gasteiger partial charge in [0.2, 0.25) is 0 Å². The molecular weight excluding hydrogens is 238 g/mol. The summed E-state index contributed by atoms with van der Waals surface area (Å²) in [6.07, 6.45) is 8.44. The molecule has 0 aliphatic heterocycles. The molecule has 3 heteroatoms. The summed E-state index contributed by atoms with van der Waals surface area (Å²) in [6, 6.07) is 3.97. The van der Waals surface area contributed by atoms with Gasteiger partial charge in [0.15, 0.2) is 0 Å². The zero-order chi connectivity index (χ0) is 14.1. The molecule has 106 valence electrons. The van der Waals surface area contributed by atoms with E-state index in [2.05, 4.69) is 25.3 Å². The van der Waals surface area contributed by atoms with Crippen molar-refractivity contribution in [3.8, 4) is 0 Å². The van der Waals surface area contributed by atoms with Crippen molar-refractivity contribution in [2.75, 3.05) is 0 Å². The van der Waals surface area contributed by atoms with Crippen LogP contribution in [0.2, 0.25) is 0 Å². The van der Waals surface area contributed by atoms with E-state index >= 15 is 0 Å². The molecule has 0 spiro atoms. The highest BCUT2D eigenvalue weighted by Crippen LogP contribution is 2.46. The van der Waals surface area contributed by atoms with Crippen molar-refractivity contribution in [2.24, 2.45) is 11.3 Å². The first-order valence-corrected chi connectivity index (χ1v) is 7.19. The van der Waals surface area contributed by atoms with Crippen molar-refractivity contribution in [3.05, 3.63) is 24.5 Å². The van der Waals surface area contributed by atoms with E-state index in [0.717, 1.165) is 25.7 Å². The third-order valence-corrected chi connectivity index (χ3v) is 4.77. The standard InChI is InChI=1S/C16H25NO2/c1-15(2,3)13-6-8-16(9-7-13,12-14(18)19)17-10-4-5-11-17/h4-5,10-11,13H,6-9,12H2,1-3H3,(H,18,19). The molecule has 1 fully saturated rings. The molecule has 0 bridgehead atoms. The maximum absolute atomic E-state index is 11.2. The number of hydrogen-bond acceptors (Lipinski definition) is 1. The third kappa shape index (κ3) is 3.02. The van der Waals surface area contributed by atoms with E-state index in [1.54, 1.807) is 0 Å². The molecule has 0 atom stereocenters. The van der Waals surface area contributed by atoms with Crippen LogP contribution in [0.3, 0.4) is 0 Å². The minimum atomic E-state index is -0.692. The monoisotopic (exact) mass is 263 g/mol. The summed E-state index contributed by atoms with van der Waals surface area (Å²) < 4.78 is 2.12. The quantitative estimate of drug-likeness (QED) is 0.898. The highest BCUT2D eigenvalue weighted by atomic mass is 16.4. The Morgan fingerprint density at radius 3 is 2.21 bits per heavy atom. The van der Waals surface area contributed by atoms with Crippen molar-refractivity contribution < 1.29 is 9.90 Å². The molecule has 1 N–H and O–H groups in total. The maximum Gasteiger partial charge on any atom is 0.305 e. The first-order chi connectivity index (χ1) is 8.83. The average molecular weight is 263 g/mol. The van der Waals surface area contributed by atoms with Crippen LogP contribution in [0, 0.1) is 11.3 Å². The molecule has 0 aromatic carbocycles. The van der Waals surface area contributed by atoms with Gasteiger partial charge in [-0.25, -0.2) is 0 Å². The van der Waals surface area contributed by atoms with Crippen LogP contribution in [0.5, 0.6) is 0 Å². The van der Waals surface area contributed by atoms with Gasteiger partial charge in [0.25, 0.3) is 0 Å². The number of carbonyl (C=O) groups is 1. The number of aliphatic carboxylic acids is 1. The van der Waals surface area contributed by atoms with Gasteiger partial charge in [-0.15, -0.1) is 0 Å². The van der Waals surface area contributed by atoms with Crippen LogP contribution in [0.1, 0.15) is 52.9 Å². The zero-order valence-electron chi connectivity index (χ0n) is 12.2. The fourth-order valence-corrected chi connectivity index (χ4v) is 3.48. The molecule has 1 saturated carbocycles. The number of rotatable bonds is 3. The molecule has 2 rings (SSSR count). The largest absolute Gasteiger partial charge is 0.481 e. The molecule has 19 heavy (non-hydrogen) atoms. The van der Waals surface area contributed by atoms with Crippen LogP contribution in [0.15, 0.2) is 24.5 Å². The van der Waals surface area contributed by atoms with Gasteiger partial charge in [-0.3, -0.25) is 4.79 Å². The van der Waals surface area contributed by atoms with E-state index in [0.29, 0.717) is 11.3 Å². The highest BCUT2D eigenvalue weighted by molar-refractivity contribution is 5.68. The van der Waals surface area contributed by atoms with Crippen molar-refractivity contribution >= 4 is 5.97 Å². The summed E-state index contributed by atoms with van der Waals surface area (Å²) in [5.41, 5.74) is 0.114. The zero-order valence-corrected chi connectivity index (χ0v) is 12.2. The smallest absolute Gasteiger partial charge is 0.305 e. The minimum absolute atomic E-state index is 0.211. The Labute approximate surface area is 115 Å². The minimum Gasteiger partial charge on any atom is -0.481 e. The number of carboxylic acid groups (broad SMARTS) is 1. The van der Waals surface area contributed by atoms with E-state index < -0.39 is 5.97 Å². The molecule has 1 aliphatic carbocycles. The third-order valence-electron chi connectivity index (χ3n) is 4.77. The van der Waals surface area contributed by atoms with Gasteiger partial charge in [0.1, 0.15) is 0 Å². The molecule has 0 amide bonds. The van der Waals surface area contributed by atoms with Gasteiger partial charge in [0, 0.05) is 12.4 Å². The number of carboxylic acids is 1. The Bertz CT molecular complexity index is 420. The van der Waals surface area contributed by atoms with E-state index in [4.69, 9.17) is 0 Å². The molecule has 0 radical (unpaired) electrons. The Morgan fingerprint density at radius 1 is 1.26 bits per heavy atom. The summed E-state index contributed by atoms with van der Waals surface area (Å²) >= 11 is 0. The lowest BCUT2D eigenvalue weighted by Crippen LogP contribution is -2.41. The van der Waals surface area contributed by atoms with Gasteiger partial charge >= 0.3 is 5.97 Å². The van der Waals surface area contributed by atoms with Crippen LogP contribution in [-0.2, 0) is 10.3 Å². The van der Waals surface area contributed by atoms with E-state index in [9.17, 15) is 9.90 Å². The SMILES string of the molecule is CC(C)(C)C1CCC(CC(=O)O)(n2cccc2)CC1. The summed E-state index contributed by atoms with van der Waals surface area (Å²) in [6.45, 7) is 6.87. The average Bonchev–Trinajstić information content (AvgIpc) is 2.81. The van der Waals surface area contributed by atoms with Crippen LogP contribution >= 0.6 is 0 Å². The fourth-order valence-electron chi connectivity index (χ4n) is 3.48. The molecule has 1 aromatic rings. The fraction of sp³-hybridized carbons (Fsp3) is 0.688. The van der Waals surface area contributed by atoms with Crippen LogP contribution in [0.4, 0.5) is 0 Å². The Kier molecular flexibility index (Phi) is 3.75. The van der Waals surface area contributed by atoms with Crippen LogP contribution in [-0.4, -0.2) is 15.6 Å². The van der Waals surface area contributed by atoms with E-state index in [-0.39, 0.29) is 12.0 Å². The second-order valence-corrected chi connectivity index (χ2v) is 7.03. The molecule has 1 aliphatic rings. The summed E-state index contributed by atoms with van der Waals surface area (Å²) in [5.74, 6) is 0.00731. The topological polar surface area (TPSA) is 42.2 Å². The molecular formula is C16H25NO2. The van der Waals surface area contributed by atoms with E-state index in [1.807, 2.05) is 24.5 Å². The first-order valence-electron chi connectivity index (χ1n) is 7.19. The van der Waals surface area contributed by atoms with Crippen molar-refractivity contribution in [1.82, 2.24) is 4.57 Å². The van der Waals surface area contributed by atoms with Crippen LogP contribution < -0.4 is 0 Å². The van der Waals surface area contributed by atoms with Gasteiger partial charge in [-0.2, -0.15) is 0 Å². The number of aromatic nitrogens is 1. The van der Waals surface area contributed by atoms with Crippen molar-refractivity contribution in [3.63, 3.8) is 0 Å². The molecule has 0 saturated heterocycles.